The monoisotopic (exact) mass is 275 g/mol. The molecule has 0 unspecified atom stereocenters. The molecular formula is C17H25NO2. The van der Waals surface area contributed by atoms with Crippen LogP contribution in [0.4, 0.5) is 5.69 Å². The van der Waals surface area contributed by atoms with E-state index in [2.05, 4.69) is 33.4 Å². The summed E-state index contributed by atoms with van der Waals surface area (Å²) in [6, 6.07) is 7.99. The molecule has 1 aromatic carbocycles. The van der Waals surface area contributed by atoms with E-state index in [1.54, 1.807) is 25.0 Å². The Hall–Kier alpha value is -1.61. The maximum absolute atomic E-state index is 12.5. The summed E-state index contributed by atoms with van der Waals surface area (Å²) in [5.74, 6) is -0.0518. The Bertz CT molecular complexity index is 474. The van der Waals surface area contributed by atoms with Gasteiger partial charge in [-0.2, -0.15) is 0 Å². The number of carbonyl (C=O) groups is 1. The van der Waals surface area contributed by atoms with E-state index in [1.807, 2.05) is 18.2 Å². The normalized spacial score (nSPS) is 12.8. The second-order valence-corrected chi connectivity index (χ2v) is 5.88. The molecule has 0 radical (unpaired) electrons. The number of hydrogen-bond acceptors (Lipinski definition) is 2. The smallest absolute Gasteiger partial charge is 0.256 e. The number of nitrogens with zero attached hydrogens (tertiary/aromatic N) is 1. The average molecular weight is 275 g/mol. The molecule has 0 spiro atoms. The van der Waals surface area contributed by atoms with Crippen LogP contribution in [0.2, 0.25) is 0 Å². The van der Waals surface area contributed by atoms with Gasteiger partial charge in [0.25, 0.3) is 5.91 Å². The molecule has 1 aromatic rings. The number of benzene rings is 1. The highest BCUT2D eigenvalue weighted by Gasteiger charge is 2.26. The van der Waals surface area contributed by atoms with Crippen molar-refractivity contribution in [3.63, 3.8) is 0 Å². The number of amides is 1. The fourth-order valence-corrected chi connectivity index (χ4v) is 2.10. The van der Waals surface area contributed by atoms with Gasteiger partial charge in [0.2, 0.25) is 0 Å². The lowest BCUT2D eigenvalue weighted by molar-refractivity contribution is -0.127. The summed E-state index contributed by atoms with van der Waals surface area (Å²) in [5, 5.41) is 0. The maximum atomic E-state index is 12.5. The van der Waals surface area contributed by atoms with Gasteiger partial charge in [-0.25, -0.2) is 0 Å². The van der Waals surface area contributed by atoms with Crippen LogP contribution >= 0.6 is 0 Å². The topological polar surface area (TPSA) is 29.5 Å². The Balaban J connectivity index is 3.29. The summed E-state index contributed by atoms with van der Waals surface area (Å²) in [6.07, 6.45) is 1.27. The minimum Gasteiger partial charge on any atom is -0.372 e. The van der Waals surface area contributed by atoms with Crippen LogP contribution in [0, 0.1) is 0 Å². The Morgan fingerprint density at radius 2 is 2.00 bits per heavy atom. The highest BCUT2D eigenvalue weighted by Crippen LogP contribution is 2.32. The number of anilines is 1. The zero-order chi connectivity index (χ0) is 15.3. The van der Waals surface area contributed by atoms with Crippen LogP contribution in [0.25, 0.3) is 0 Å². The molecule has 0 aliphatic rings. The third-order valence-electron chi connectivity index (χ3n) is 3.28. The molecule has 0 heterocycles. The molecule has 1 amide bonds. The zero-order valence-electron chi connectivity index (χ0n) is 13.1. The van der Waals surface area contributed by atoms with Crippen molar-refractivity contribution in [3.8, 4) is 0 Å². The molecule has 3 nitrogen and oxygen atoms in total. The molecule has 0 aliphatic carbocycles. The van der Waals surface area contributed by atoms with Gasteiger partial charge in [-0.15, -0.1) is 6.58 Å². The molecule has 110 valence electrons. The van der Waals surface area contributed by atoms with E-state index < -0.39 is 6.10 Å². The van der Waals surface area contributed by atoms with Gasteiger partial charge in [-0.1, -0.05) is 45.0 Å². The molecule has 0 bridgehead atoms. The highest BCUT2D eigenvalue weighted by atomic mass is 16.5. The van der Waals surface area contributed by atoms with Gasteiger partial charge in [0.05, 0.1) is 0 Å². The van der Waals surface area contributed by atoms with Crippen LogP contribution in [0.3, 0.4) is 0 Å². The van der Waals surface area contributed by atoms with Gasteiger partial charge in [0.15, 0.2) is 0 Å². The Kier molecular flexibility index (Phi) is 5.52. The van der Waals surface area contributed by atoms with Gasteiger partial charge in [0, 0.05) is 19.3 Å². The lowest BCUT2D eigenvalue weighted by Gasteiger charge is -2.30. The average Bonchev–Trinajstić information content (AvgIpc) is 2.42. The molecule has 20 heavy (non-hydrogen) atoms. The Morgan fingerprint density at radius 3 is 2.50 bits per heavy atom. The van der Waals surface area contributed by atoms with E-state index in [0.29, 0.717) is 6.54 Å². The van der Waals surface area contributed by atoms with Crippen LogP contribution in [-0.4, -0.2) is 25.7 Å². The van der Waals surface area contributed by atoms with Crippen LogP contribution in [-0.2, 0) is 14.9 Å². The van der Waals surface area contributed by atoms with Gasteiger partial charge in [0.1, 0.15) is 6.10 Å². The molecule has 1 atom stereocenters. The molecule has 3 heteroatoms. The molecule has 0 N–H and O–H groups in total. The number of methoxy groups -OCH3 is 1. The molecule has 0 fully saturated rings. The first-order chi connectivity index (χ1) is 9.32. The van der Waals surface area contributed by atoms with Crippen molar-refractivity contribution in [1.82, 2.24) is 0 Å². The second kappa shape index (κ2) is 6.71. The first-order valence-corrected chi connectivity index (χ1v) is 6.87. The fraction of sp³-hybridized carbons (Fsp3) is 0.471. The Morgan fingerprint density at radius 1 is 1.40 bits per heavy atom. The summed E-state index contributed by atoms with van der Waals surface area (Å²) in [6.45, 7) is 12.4. The third kappa shape index (κ3) is 3.70. The number of rotatable bonds is 5. The van der Waals surface area contributed by atoms with Crippen LogP contribution in [0.1, 0.15) is 33.3 Å². The van der Waals surface area contributed by atoms with E-state index in [9.17, 15) is 4.79 Å². The molecule has 0 saturated heterocycles. The standard InChI is InChI=1S/C17H25NO2/c1-7-12-18(16(19)13(2)20-6)15-11-9-8-10-14(15)17(3,4)5/h7-11,13H,1,12H2,2-6H3/t13-/m0/s1. The van der Waals surface area contributed by atoms with Crippen molar-refractivity contribution in [3.05, 3.63) is 42.5 Å². The van der Waals surface area contributed by atoms with Crippen molar-refractivity contribution in [2.24, 2.45) is 0 Å². The van der Waals surface area contributed by atoms with Crippen molar-refractivity contribution >= 4 is 11.6 Å². The molecule has 0 aromatic heterocycles. The van der Waals surface area contributed by atoms with Crippen molar-refractivity contribution in [2.45, 2.75) is 39.2 Å². The van der Waals surface area contributed by atoms with Crippen molar-refractivity contribution < 1.29 is 9.53 Å². The lowest BCUT2D eigenvalue weighted by Crippen LogP contribution is -2.40. The second-order valence-electron chi connectivity index (χ2n) is 5.88. The first-order valence-electron chi connectivity index (χ1n) is 6.87. The highest BCUT2D eigenvalue weighted by molar-refractivity contribution is 5.97. The predicted molar refractivity (Wildman–Crippen MR) is 84.2 cm³/mol. The minimum atomic E-state index is -0.469. The largest absolute Gasteiger partial charge is 0.372 e. The number of para-hydroxylation sites is 1. The minimum absolute atomic E-state index is 0.0351. The van der Waals surface area contributed by atoms with Crippen LogP contribution in [0.5, 0.6) is 0 Å². The van der Waals surface area contributed by atoms with Crippen LogP contribution in [0.15, 0.2) is 36.9 Å². The van der Waals surface area contributed by atoms with E-state index >= 15 is 0 Å². The van der Waals surface area contributed by atoms with E-state index in [4.69, 9.17) is 4.74 Å². The van der Waals surface area contributed by atoms with E-state index in [0.717, 1.165) is 11.3 Å². The summed E-state index contributed by atoms with van der Waals surface area (Å²) in [7, 11) is 1.55. The number of carbonyl (C=O) groups excluding carboxylic acids is 1. The molecule has 0 saturated carbocycles. The summed E-state index contributed by atoms with van der Waals surface area (Å²) in [4.78, 5) is 14.2. The van der Waals surface area contributed by atoms with Gasteiger partial charge in [-0.05, 0) is 24.0 Å². The lowest BCUT2D eigenvalue weighted by atomic mass is 9.85. The van der Waals surface area contributed by atoms with Gasteiger partial charge >= 0.3 is 0 Å². The predicted octanol–water partition coefficient (Wildman–Crippen LogP) is 3.54. The van der Waals surface area contributed by atoms with Crippen molar-refractivity contribution in [1.29, 1.82) is 0 Å². The molecule has 0 aliphatic heterocycles. The quantitative estimate of drug-likeness (QED) is 0.769. The number of hydrogen-bond donors (Lipinski definition) is 0. The number of ether oxygens (including phenoxy) is 1. The summed E-state index contributed by atoms with van der Waals surface area (Å²) in [5.41, 5.74) is 2.03. The van der Waals surface area contributed by atoms with Crippen molar-refractivity contribution in [2.75, 3.05) is 18.6 Å². The van der Waals surface area contributed by atoms with Crippen LogP contribution < -0.4 is 4.90 Å². The van der Waals surface area contributed by atoms with E-state index in [-0.39, 0.29) is 11.3 Å². The summed E-state index contributed by atoms with van der Waals surface area (Å²) < 4.78 is 5.16. The fourth-order valence-electron chi connectivity index (χ4n) is 2.10. The summed E-state index contributed by atoms with van der Waals surface area (Å²) >= 11 is 0. The van der Waals surface area contributed by atoms with Gasteiger partial charge < -0.3 is 9.64 Å². The first kappa shape index (κ1) is 16.4. The zero-order valence-corrected chi connectivity index (χ0v) is 13.1. The SMILES string of the molecule is C=CCN(C(=O)[C@H](C)OC)c1ccccc1C(C)(C)C. The third-order valence-corrected chi connectivity index (χ3v) is 3.28. The van der Waals surface area contributed by atoms with E-state index in [1.165, 1.54) is 0 Å². The molecular weight excluding hydrogens is 250 g/mol. The van der Waals surface area contributed by atoms with Gasteiger partial charge in [-0.3, -0.25) is 4.79 Å². The molecule has 1 rings (SSSR count). The maximum Gasteiger partial charge on any atom is 0.256 e. The Labute approximate surface area is 122 Å².